The number of fused-ring (bicyclic) bond motifs is 3. The van der Waals surface area contributed by atoms with E-state index in [1.807, 2.05) is 18.2 Å². The number of anilines is 3. The Morgan fingerprint density at radius 2 is 0.929 bits per heavy atom. The minimum absolute atomic E-state index is 0.598. The molecule has 1 heterocycles. The Labute approximate surface area is 327 Å². The summed E-state index contributed by atoms with van der Waals surface area (Å²) in [5, 5.41) is 0. The summed E-state index contributed by atoms with van der Waals surface area (Å²) in [6, 6.07) is 67.1. The number of benzene rings is 7. The molecule has 0 spiro atoms. The van der Waals surface area contributed by atoms with E-state index < -0.39 is 5.41 Å². The number of aromatic nitrogens is 3. The Morgan fingerprint density at radius 1 is 0.411 bits per heavy atom. The molecule has 4 nitrogen and oxygen atoms in total. The summed E-state index contributed by atoms with van der Waals surface area (Å²) in [7, 11) is 0. The van der Waals surface area contributed by atoms with Crippen LogP contribution in [-0.4, -0.2) is 15.0 Å². The quantitative estimate of drug-likeness (QED) is 0.157. The molecule has 0 N–H and O–H groups in total. The van der Waals surface area contributed by atoms with Gasteiger partial charge in [0.1, 0.15) is 0 Å². The van der Waals surface area contributed by atoms with Gasteiger partial charge in [0.2, 0.25) is 0 Å². The van der Waals surface area contributed by atoms with Crippen LogP contribution in [0.3, 0.4) is 0 Å². The summed E-state index contributed by atoms with van der Waals surface area (Å²) >= 11 is 0. The van der Waals surface area contributed by atoms with Crippen molar-refractivity contribution in [2.75, 3.05) is 4.90 Å². The number of rotatable bonds is 8. The van der Waals surface area contributed by atoms with Crippen molar-refractivity contribution in [3.8, 4) is 33.9 Å². The molecule has 0 unspecified atom stereocenters. The van der Waals surface area contributed by atoms with Gasteiger partial charge in [-0.3, -0.25) is 0 Å². The summed E-state index contributed by atoms with van der Waals surface area (Å²) < 4.78 is 0. The molecule has 0 saturated carbocycles. The third kappa shape index (κ3) is 5.75. The topological polar surface area (TPSA) is 41.9 Å². The Hall–Kier alpha value is -7.17. The molecule has 4 heteroatoms. The first kappa shape index (κ1) is 33.4. The second-order valence-electron chi connectivity index (χ2n) is 14.3. The zero-order valence-electron chi connectivity index (χ0n) is 30.8. The van der Waals surface area contributed by atoms with Gasteiger partial charge in [0.25, 0.3) is 0 Å². The van der Waals surface area contributed by atoms with Gasteiger partial charge in [-0.25, -0.2) is 15.0 Å². The van der Waals surface area contributed by atoms with Gasteiger partial charge in [-0.1, -0.05) is 164 Å². The summed E-state index contributed by atoms with van der Waals surface area (Å²) in [6.45, 7) is 0. The second kappa shape index (κ2) is 14.2. The molecule has 2 aliphatic carbocycles. The van der Waals surface area contributed by atoms with Crippen molar-refractivity contribution in [3.05, 3.63) is 234 Å². The zero-order valence-corrected chi connectivity index (χ0v) is 30.8. The lowest BCUT2D eigenvalue weighted by Gasteiger charge is -2.34. The fraction of sp³-hybridized carbons (Fsp3) is 0.0577. The summed E-state index contributed by atoms with van der Waals surface area (Å²) in [5.74, 6) is 2.01. The van der Waals surface area contributed by atoms with Crippen LogP contribution in [0, 0.1) is 0 Å². The molecular weight excluding hydrogens is 681 g/mol. The SMILES string of the molecule is C1=CC(c2nc(-c3ccccc3)nc(-c3cccc(C4(c5ccc(N(c6ccccc6)c6ccccc6)cc5)c5ccccc5-c5ccccc54)c3)n2)=CCC1. The van der Waals surface area contributed by atoms with Crippen LogP contribution in [0.25, 0.3) is 39.5 Å². The van der Waals surface area contributed by atoms with Crippen LogP contribution >= 0.6 is 0 Å². The largest absolute Gasteiger partial charge is 0.311 e. The molecule has 7 aromatic carbocycles. The Balaban J connectivity index is 1.17. The third-order valence-corrected chi connectivity index (χ3v) is 11.0. The Kier molecular flexibility index (Phi) is 8.49. The van der Waals surface area contributed by atoms with E-state index in [2.05, 4.69) is 193 Å². The number of hydrogen-bond donors (Lipinski definition) is 0. The number of allylic oxidation sites excluding steroid dienone is 4. The average molecular weight is 719 g/mol. The lowest BCUT2D eigenvalue weighted by molar-refractivity contribution is 0.768. The first-order valence-corrected chi connectivity index (χ1v) is 19.3. The van der Waals surface area contributed by atoms with E-state index in [9.17, 15) is 0 Å². The zero-order chi connectivity index (χ0) is 37.3. The Morgan fingerprint density at radius 3 is 1.54 bits per heavy atom. The second-order valence-corrected chi connectivity index (χ2v) is 14.3. The number of hydrogen-bond acceptors (Lipinski definition) is 4. The van der Waals surface area contributed by atoms with E-state index in [1.54, 1.807) is 0 Å². The Bertz CT molecular complexity index is 2650. The van der Waals surface area contributed by atoms with Crippen molar-refractivity contribution >= 4 is 22.6 Å². The molecule has 0 saturated heterocycles. The van der Waals surface area contributed by atoms with Crippen LogP contribution < -0.4 is 4.90 Å². The van der Waals surface area contributed by atoms with Crippen LogP contribution in [0.4, 0.5) is 17.1 Å². The molecule has 266 valence electrons. The first-order chi connectivity index (χ1) is 27.8. The monoisotopic (exact) mass is 718 g/mol. The minimum atomic E-state index is -0.598. The maximum Gasteiger partial charge on any atom is 0.164 e. The van der Waals surface area contributed by atoms with Crippen LogP contribution in [0.1, 0.15) is 40.9 Å². The van der Waals surface area contributed by atoms with Crippen molar-refractivity contribution in [2.24, 2.45) is 0 Å². The van der Waals surface area contributed by atoms with Gasteiger partial charge < -0.3 is 4.90 Å². The molecule has 0 atom stereocenters. The van der Waals surface area contributed by atoms with E-state index in [1.165, 1.54) is 27.8 Å². The minimum Gasteiger partial charge on any atom is -0.311 e. The van der Waals surface area contributed by atoms with Crippen LogP contribution in [-0.2, 0) is 5.41 Å². The molecule has 0 fully saturated rings. The average Bonchev–Trinajstić information content (AvgIpc) is 3.59. The van der Waals surface area contributed by atoms with Crippen LogP contribution in [0.2, 0.25) is 0 Å². The lowest BCUT2D eigenvalue weighted by atomic mass is 9.67. The van der Waals surface area contributed by atoms with Gasteiger partial charge in [0, 0.05) is 33.8 Å². The van der Waals surface area contributed by atoms with Gasteiger partial charge in [-0.2, -0.15) is 0 Å². The molecule has 2 aliphatic rings. The van der Waals surface area contributed by atoms with E-state index in [-0.39, 0.29) is 0 Å². The highest BCUT2D eigenvalue weighted by molar-refractivity contribution is 5.87. The molecule has 0 aliphatic heterocycles. The van der Waals surface area contributed by atoms with Crippen molar-refractivity contribution in [1.29, 1.82) is 0 Å². The van der Waals surface area contributed by atoms with Gasteiger partial charge in [0.05, 0.1) is 5.41 Å². The van der Waals surface area contributed by atoms with Gasteiger partial charge >= 0.3 is 0 Å². The molecular formula is C52H38N4. The predicted octanol–water partition coefficient (Wildman–Crippen LogP) is 12.8. The third-order valence-electron chi connectivity index (χ3n) is 11.0. The maximum absolute atomic E-state index is 5.15. The smallest absolute Gasteiger partial charge is 0.164 e. The van der Waals surface area contributed by atoms with E-state index in [0.717, 1.165) is 52.2 Å². The van der Waals surface area contributed by atoms with Gasteiger partial charge in [-0.15, -0.1) is 0 Å². The van der Waals surface area contributed by atoms with Gasteiger partial charge in [-0.05, 0) is 88.7 Å². The fourth-order valence-electron chi connectivity index (χ4n) is 8.51. The summed E-state index contributed by atoms with van der Waals surface area (Å²) in [4.78, 5) is 17.6. The molecule has 0 radical (unpaired) electrons. The normalized spacial score (nSPS) is 13.8. The molecule has 1 aromatic heterocycles. The highest BCUT2D eigenvalue weighted by Gasteiger charge is 2.46. The first-order valence-electron chi connectivity index (χ1n) is 19.3. The standard InChI is InChI=1S/C52H38N4/c1-5-18-37(19-6-1)49-53-50(38-20-7-2-8-21-38)55-51(54-49)39-22-17-23-41(36-39)52(47-30-15-13-28-45(47)46-29-14-16-31-48(46)52)40-32-34-44(35-33-40)56(42-24-9-3-10-25-42)43-26-11-4-12-27-43/h1,3-7,9-36H,2,8H2. The highest BCUT2D eigenvalue weighted by Crippen LogP contribution is 2.56. The van der Waals surface area contributed by atoms with E-state index in [4.69, 9.17) is 15.0 Å². The van der Waals surface area contributed by atoms with E-state index >= 15 is 0 Å². The van der Waals surface area contributed by atoms with Crippen molar-refractivity contribution < 1.29 is 0 Å². The van der Waals surface area contributed by atoms with E-state index in [0.29, 0.717) is 17.5 Å². The molecule has 0 amide bonds. The predicted molar refractivity (Wildman–Crippen MR) is 229 cm³/mol. The number of nitrogens with zero attached hydrogens (tertiary/aromatic N) is 4. The summed E-state index contributed by atoms with van der Waals surface area (Å²) in [5.41, 5.74) is 13.0. The van der Waals surface area contributed by atoms with Crippen molar-refractivity contribution in [3.63, 3.8) is 0 Å². The lowest BCUT2D eigenvalue weighted by Crippen LogP contribution is -2.28. The fourth-order valence-corrected chi connectivity index (χ4v) is 8.51. The molecule has 56 heavy (non-hydrogen) atoms. The highest BCUT2D eigenvalue weighted by atomic mass is 15.1. The molecule has 0 bridgehead atoms. The molecule has 8 aromatic rings. The van der Waals surface area contributed by atoms with Gasteiger partial charge in [0.15, 0.2) is 17.5 Å². The molecule has 10 rings (SSSR count). The maximum atomic E-state index is 5.15. The van der Waals surface area contributed by atoms with Crippen molar-refractivity contribution in [1.82, 2.24) is 15.0 Å². The van der Waals surface area contributed by atoms with Crippen LogP contribution in [0.5, 0.6) is 0 Å². The summed E-state index contributed by atoms with van der Waals surface area (Å²) in [6.07, 6.45) is 8.56. The van der Waals surface area contributed by atoms with Crippen molar-refractivity contribution in [2.45, 2.75) is 18.3 Å². The number of para-hydroxylation sites is 2. The van der Waals surface area contributed by atoms with Crippen LogP contribution in [0.15, 0.2) is 206 Å².